The second-order valence-corrected chi connectivity index (χ2v) is 5.70. The van der Waals surface area contributed by atoms with Crippen LogP contribution in [0.5, 0.6) is 0 Å². The van der Waals surface area contributed by atoms with Crippen LogP contribution in [0.15, 0.2) is 12.2 Å². The van der Waals surface area contributed by atoms with Gasteiger partial charge in [-0.15, -0.1) is 6.58 Å². The third kappa shape index (κ3) is 8.96. The molecule has 0 saturated heterocycles. The van der Waals surface area contributed by atoms with Crippen LogP contribution >= 0.6 is 0 Å². The summed E-state index contributed by atoms with van der Waals surface area (Å²) in [5.74, 6) is 1.63. The number of hydrogen-bond acceptors (Lipinski definition) is 1. The van der Waals surface area contributed by atoms with Crippen molar-refractivity contribution >= 4 is 0 Å². The van der Waals surface area contributed by atoms with Crippen LogP contribution in [-0.4, -0.2) is 24.5 Å². The summed E-state index contributed by atoms with van der Waals surface area (Å²) >= 11 is 0. The Labute approximate surface area is 103 Å². The van der Waals surface area contributed by atoms with Crippen molar-refractivity contribution in [2.75, 3.05) is 19.6 Å². The maximum atomic E-state index is 3.99. The molecule has 0 aliphatic heterocycles. The monoisotopic (exact) mass is 225 g/mol. The summed E-state index contributed by atoms with van der Waals surface area (Å²) in [6, 6.07) is 0. The Bertz CT molecular complexity index is 184. The van der Waals surface area contributed by atoms with Gasteiger partial charge < -0.3 is 4.90 Å². The highest BCUT2D eigenvalue weighted by Crippen LogP contribution is 2.10. The minimum atomic E-state index is 0.766. The molecule has 0 aromatic carbocycles. The first-order chi connectivity index (χ1) is 7.45. The number of hydrogen-bond donors (Lipinski definition) is 0. The zero-order valence-corrected chi connectivity index (χ0v) is 12.1. The second kappa shape index (κ2) is 8.81. The maximum absolute atomic E-state index is 3.99. The summed E-state index contributed by atoms with van der Waals surface area (Å²) in [4.78, 5) is 2.60. The van der Waals surface area contributed by atoms with Crippen molar-refractivity contribution in [1.29, 1.82) is 0 Å². The van der Waals surface area contributed by atoms with Crippen molar-refractivity contribution in [2.45, 2.75) is 53.9 Å². The van der Waals surface area contributed by atoms with Crippen molar-refractivity contribution in [3.8, 4) is 0 Å². The quantitative estimate of drug-likeness (QED) is 0.527. The predicted octanol–water partition coefficient (Wildman–Crippen LogP) is 4.35. The van der Waals surface area contributed by atoms with Gasteiger partial charge in [-0.1, -0.05) is 39.7 Å². The van der Waals surface area contributed by atoms with Crippen LogP contribution in [0.25, 0.3) is 0 Å². The molecule has 0 N–H and O–H groups in total. The van der Waals surface area contributed by atoms with Crippen molar-refractivity contribution in [1.82, 2.24) is 4.90 Å². The summed E-state index contributed by atoms with van der Waals surface area (Å²) in [7, 11) is 0. The van der Waals surface area contributed by atoms with E-state index in [1.54, 1.807) is 0 Å². The largest absolute Gasteiger partial charge is 0.303 e. The molecule has 0 aromatic heterocycles. The fourth-order valence-electron chi connectivity index (χ4n) is 1.77. The highest BCUT2D eigenvalue weighted by molar-refractivity contribution is 4.88. The first-order valence-electron chi connectivity index (χ1n) is 6.82. The van der Waals surface area contributed by atoms with Crippen LogP contribution in [-0.2, 0) is 0 Å². The minimum Gasteiger partial charge on any atom is -0.303 e. The van der Waals surface area contributed by atoms with Crippen LogP contribution < -0.4 is 0 Å². The lowest BCUT2D eigenvalue weighted by Gasteiger charge is -2.25. The molecule has 0 bridgehead atoms. The summed E-state index contributed by atoms with van der Waals surface area (Å²) in [6.45, 7) is 19.0. The molecular formula is C15H31N. The Morgan fingerprint density at radius 1 is 1.19 bits per heavy atom. The highest BCUT2D eigenvalue weighted by Gasteiger charge is 2.08. The van der Waals surface area contributed by atoms with Crippen LogP contribution in [0.4, 0.5) is 0 Å². The van der Waals surface area contributed by atoms with Gasteiger partial charge in [-0.05, 0) is 38.1 Å². The van der Waals surface area contributed by atoms with Gasteiger partial charge >= 0.3 is 0 Å². The lowest BCUT2D eigenvalue weighted by Crippen LogP contribution is -2.30. The van der Waals surface area contributed by atoms with Gasteiger partial charge in [0.2, 0.25) is 0 Å². The molecule has 0 aliphatic carbocycles. The molecule has 0 saturated carbocycles. The topological polar surface area (TPSA) is 3.24 Å². The van der Waals surface area contributed by atoms with Crippen LogP contribution in [0.2, 0.25) is 0 Å². The normalized spacial score (nSPS) is 13.4. The Hall–Kier alpha value is -0.300. The maximum Gasteiger partial charge on any atom is 0.00185 e. The third-order valence-electron chi connectivity index (χ3n) is 3.11. The molecule has 0 aromatic rings. The molecule has 0 fully saturated rings. The molecule has 0 amide bonds. The Kier molecular flexibility index (Phi) is 8.64. The minimum absolute atomic E-state index is 0.766. The van der Waals surface area contributed by atoms with Gasteiger partial charge in [0.15, 0.2) is 0 Å². The Morgan fingerprint density at radius 3 is 2.25 bits per heavy atom. The van der Waals surface area contributed by atoms with E-state index in [-0.39, 0.29) is 0 Å². The van der Waals surface area contributed by atoms with Gasteiger partial charge in [-0.25, -0.2) is 0 Å². The van der Waals surface area contributed by atoms with Crippen molar-refractivity contribution in [3.05, 3.63) is 12.2 Å². The molecule has 0 spiro atoms. The van der Waals surface area contributed by atoms with E-state index in [4.69, 9.17) is 0 Å². The SMILES string of the molecule is C=C(C)CCN(CCC(C)CC)CC(C)C. The van der Waals surface area contributed by atoms with E-state index >= 15 is 0 Å². The van der Waals surface area contributed by atoms with E-state index in [1.165, 1.54) is 38.0 Å². The van der Waals surface area contributed by atoms with Crippen molar-refractivity contribution < 1.29 is 0 Å². The van der Waals surface area contributed by atoms with Gasteiger partial charge in [-0.2, -0.15) is 0 Å². The molecule has 0 aliphatic rings. The Balaban J connectivity index is 3.94. The van der Waals surface area contributed by atoms with E-state index < -0.39 is 0 Å². The van der Waals surface area contributed by atoms with Crippen molar-refractivity contribution in [3.63, 3.8) is 0 Å². The van der Waals surface area contributed by atoms with Crippen LogP contribution in [0.3, 0.4) is 0 Å². The average Bonchev–Trinajstić information content (AvgIpc) is 2.20. The summed E-state index contributed by atoms with van der Waals surface area (Å²) in [5, 5.41) is 0. The highest BCUT2D eigenvalue weighted by atomic mass is 15.1. The fourth-order valence-corrected chi connectivity index (χ4v) is 1.77. The smallest absolute Gasteiger partial charge is 0.00185 e. The molecular weight excluding hydrogens is 194 g/mol. The first kappa shape index (κ1) is 15.7. The molecule has 0 rings (SSSR count). The molecule has 0 radical (unpaired) electrons. The predicted molar refractivity (Wildman–Crippen MR) is 74.8 cm³/mol. The lowest BCUT2D eigenvalue weighted by atomic mass is 10.0. The zero-order chi connectivity index (χ0) is 12.6. The van der Waals surface area contributed by atoms with E-state index in [2.05, 4.69) is 46.1 Å². The van der Waals surface area contributed by atoms with E-state index in [0.29, 0.717) is 0 Å². The van der Waals surface area contributed by atoms with Gasteiger partial charge in [0, 0.05) is 13.1 Å². The molecule has 0 heterocycles. The molecule has 96 valence electrons. The van der Waals surface area contributed by atoms with Crippen LogP contribution in [0, 0.1) is 11.8 Å². The number of nitrogens with zero attached hydrogens (tertiary/aromatic N) is 1. The Morgan fingerprint density at radius 2 is 1.81 bits per heavy atom. The van der Waals surface area contributed by atoms with Gasteiger partial charge in [0.1, 0.15) is 0 Å². The lowest BCUT2D eigenvalue weighted by molar-refractivity contribution is 0.230. The molecule has 1 atom stereocenters. The van der Waals surface area contributed by atoms with E-state index in [9.17, 15) is 0 Å². The number of rotatable bonds is 9. The standard InChI is InChI=1S/C15H31N/c1-7-15(6)9-11-16(12-14(4)5)10-8-13(2)3/h14-15H,2,7-12H2,1,3-6H3. The van der Waals surface area contributed by atoms with Gasteiger partial charge in [0.25, 0.3) is 0 Å². The average molecular weight is 225 g/mol. The van der Waals surface area contributed by atoms with E-state index in [0.717, 1.165) is 18.3 Å². The van der Waals surface area contributed by atoms with Crippen molar-refractivity contribution in [2.24, 2.45) is 11.8 Å². The molecule has 1 heteroatoms. The second-order valence-electron chi connectivity index (χ2n) is 5.70. The first-order valence-corrected chi connectivity index (χ1v) is 6.82. The van der Waals surface area contributed by atoms with Gasteiger partial charge in [0.05, 0.1) is 0 Å². The van der Waals surface area contributed by atoms with Crippen LogP contribution in [0.1, 0.15) is 53.9 Å². The molecule has 1 nitrogen and oxygen atoms in total. The molecule has 1 unspecified atom stereocenters. The fraction of sp³-hybridized carbons (Fsp3) is 0.867. The summed E-state index contributed by atoms with van der Waals surface area (Å²) in [5.41, 5.74) is 1.30. The zero-order valence-electron chi connectivity index (χ0n) is 12.1. The van der Waals surface area contributed by atoms with E-state index in [1.807, 2.05) is 0 Å². The third-order valence-corrected chi connectivity index (χ3v) is 3.11. The molecule has 16 heavy (non-hydrogen) atoms. The van der Waals surface area contributed by atoms with Gasteiger partial charge in [-0.3, -0.25) is 0 Å². The summed E-state index contributed by atoms with van der Waals surface area (Å²) < 4.78 is 0. The summed E-state index contributed by atoms with van der Waals surface area (Å²) in [6.07, 6.45) is 3.78.